The summed E-state index contributed by atoms with van der Waals surface area (Å²) in [5, 5.41) is 6.67. The molecule has 4 rings (SSSR count). The molecule has 2 heterocycles. The smallest absolute Gasteiger partial charge is 0.143 e. The van der Waals surface area contributed by atoms with Crippen LogP contribution in [0.2, 0.25) is 0 Å². The van der Waals surface area contributed by atoms with Crippen LogP contribution >= 0.6 is 11.3 Å². The van der Waals surface area contributed by atoms with E-state index in [9.17, 15) is 0 Å². The number of fused-ring (bicyclic) bond motifs is 1. The molecule has 0 unspecified atom stereocenters. The zero-order valence-electron chi connectivity index (χ0n) is 14.9. The van der Waals surface area contributed by atoms with Crippen LogP contribution in [0.5, 0.6) is 5.75 Å². The number of hydrogen-bond donors (Lipinski definition) is 1. The fraction of sp³-hybridized carbons (Fsp3) is 0.143. The minimum atomic E-state index is 0.828. The van der Waals surface area contributed by atoms with E-state index in [0.29, 0.717) is 0 Å². The highest BCUT2D eigenvalue weighted by atomic mass is 32.1. The molecular formula is C21H19N3OS. The van der Waals surface area contributed by atoms with Crippen LogP contribution in [0.4, 0.5) is 11.5 Å². The van der Waals surface area contributed by atoms with Gasteiger partial charge in [0.1, 0.15) is 22.7 Å². The number of thiophene rings is 1. The van der Waals surface area contributed by atoms with Crippen LogP contribution in [0.1, 0.15) is 11.1 Å². The molecule has 0 aliphatic rings. The van der Waals surface area contributed by atoms with Crippen molar-refractivity contribution < 1.29 is 4.74 Å². The van der Waals surface area contributed by atoms with Gasteiger partial charge in [0.2, 0.25) is 0 Å². The van der Waals surface area contributed by atoms with Crippen molar-refractivity contribution in [1.82, 2.24) is 9.97 Å². The molecule has 0 spiro atoms. The molecule has 0 atom stereocenters. The first-order valence-electron chi connectivity index (χ1n) is 8.36. The number of ether oxygens (including phenoxy) is 1. The normalized spacial score (nSPS) is 10.9. The summed E-state index contributed by atoms with van der Waals surface area (Å²) < 4.78 is 5.27. The number of nitrogens with zero attached hydrogens (tertiary/aromatic N) is 2. The first-order valence-corrected chi connectivity index (χ1v) is 9.24. The predicted molar refractivity (Wildman–Crippen MR) is 109 cm³/mol. The van der Waals surface area contributed by atoms with Crippen molar-refractivity contribution in [2.75, 3.05) is 12.4 Å². The molecule has 0 bridgehead atoms. The molecule has 2 aromatic heterocycles. The van der Waals surface area contributed by atoms with E-state index in [1.165, 1.54) is 11.1 Å². The van der Waals surface area contributed by atoms with E-state index in [1.54, 1.807) is 24.8 Å². The SMILES string of the molecule is COc1ccc(-c2csc3ncnc(Nc4ccc(C)cc4C)c23)cc1. The lowest BCUT2D eigenvalue weighted by atomic mass is 10.1. The highest BCUT2D eigenvalue weighted by Crippen LogP contribution is 2.38. The van der Waals surface area contributed by atoms with Gasteiger partial charge in [-0.05, 0) is 43.2 Å². The molecule has 0 amide bonds. The van der Waals surface area contributed by atoms with E-state index in [-0.39, 0.29) is 0 Å². The summed E-state index contributed by atoms with van der Waals surface area (Å²) in [6.45, 7) is 4.20. The molecule has 2 aromatic carbocycles. The van der Waals surface area contributed by atoms with Crippen LogP contribution in [0.3, 0.4) is 0 Å². The summed E-state index contributed by atoms with van der Waals surface area (Å²) in [5.74, 6) is 1.67. The second-order valence-electron chi connectivity index (χ2n) is 6.22. The van der Waals surface area contributed by atoms with Gasteiger partial charge in [-0.3, -0.25) is 0 Å². The van der Waals surface area contributed by atoms with Crippen molar-refractivity contribution in [3.8, 4) is 16.9 Å². The fourth-order valence-electron chi connectivity index (χ4n) is 3.03. The molecule has 0 aliphatic carbocycles. The van der Waals surface area contributed by atoms with Crippen LogP contribution < -0.4 is 10.1 Å². The minimum Gasteiger partial charge on any atom is -0.497 e. The number of anilines is 2. The maximum absolute atomic E-state index is 5.27. The number of rotatable bonds is 4. The Labute approximate surface area is 156 Å². The quantitative estimate of drug-likeness (QED) is 0.504. The molecule has 4 aromatic rings. The van der Waals surface area contributed by atoms with E-state index in [2.05, 4.69) is 64.8 Å². The van der Waals surface area contributed by atoms with E-state index in [0.717, 1.165) is 38.6 Å². The van der Waals surface area contributed by atoms with E-state index < -0.39 is 0 Å². The zero-order chi connectivity index (χ0) is 18.1. The zero-order valence-corrected chi connectivity index (χ0v) is 15.7. The standard InChI is InChI=1S/C21H19N3OS/c1-13-4-9-18(14(2)10-13)24-20-19-17(11-26-21(19)23-12-22-20)15-5-7-16(25-3)8-6-15/h4-12H,1-3H3,(H,22,23,24). The average molecular weight is 361 g/mol. The molecule has 130 valence electrons. The van der Waals surface area contributed by atoms with Gasteiger partial charge in [-0.2, -0.15) is 0 Å². The molecule has 0 saturated carbocycles. The van der Waals surface area contributed by atoms with Crippen LogP contribution in [-0.2, 0) is 0 Å². The monoisotopic (exact) mass is 361 g/mol. The van der Waals surface area contributed by atoms with Crippen molar-refractivity contribution in [3.05, 3.63) is 65.3 Å². The number of benzene rings is 2. The van der Waals surface area contributed by atoms with Crippen molar-refractivity contribution in [1.29, 1.82) is 0 Å². The molecule has 0 saturated heterocycles. The minimum absolute atomic E-state index is 0.828. The topological polar surface area (TPSA) is 47.0 Å². The summed E-state index contributed by atoms with van der Waals surface area (Å²) in [6, 6.07) is 14.4. The summed E-state index contributed by atoms with van der Waals surface area (Å²) in [7, 11) is 1.68. The number of aryl methyl sites for hydroxylation is 2. The third kappa shape index (κ3) is 3.02. The molecule has 1 N–H and O–H groups in total. The largest absolute Gasteiger partial charge is 0.497 e. The van der Waals surface area contributed by atoms with Gasteiger partial charge in [-0.15, -0.1) is 11.3 Å². The fourth-order valence-corrected chi connectivity index (χ4v) is 3.95. The second kappa shape index (κ2) is 6.77. The molecule has 0 radical (unpaired) electrons. The van der Waals surface area contributed by atoms with Gasteiger partial charge >= 0.3 is 0 Å². The molecular weight excluding hydrogens is 342 g/mol. The Balaban J connectivity index is 1.81. The van der Waals surface area contributed by atoms with Gasteiger partial charge in [0, 0.05) is 16.6 Å². The van der Waals surface area contributed by atoms with Crippen molar-refractivity contribution in [2.24, 2.45) is 0 Å². The highest BCUT2D eigenvalue weighted by Gasteiger charge is 2.14. The van der Waals surface area contributed by atoms with Crippen molar-refractivity contribution in [3.63, 3.8) is 0 Å². The molecule has 4 nitrogen and oxygen atoms in total. The third-order valence-corrected chi connectivity index (χ3v) is 5.29. The second-order valence-corrected chi connectivity index (χ2v) is 7.08. The van der Waals surface area contributed by atoms with Gasteiger partial charge in [-0.1, -0.05) is 29.8 Å². The first-order chi connectivity index (χ1) is 12.7. The van der Waals surface area contributed by atoms with Crippen LogP contribution in [0.25, 0.3) is 21.3 Å². The lowest BCUT2D eigenvalue weighted by Crippen LogP contribution is -1.97. The summed E-state index contributed by atoms with van der Waals surface area (Å²) in [5.41, 5.74) is 5.74. The summed E-state index contributed by atoms with van der Waals surface area (Å²) in [6.07, 6.45) is 1.61. The molecule has 5 heteroatoms. The van der Waals surface area contributed by atoms with E-state index in [4.69, 9.17) is 4.74 Å². The van der Waals surface area contributed by atoms with Gasteiger partial charge in [0.15, 0.2) is 0 Å². The summed E-state index contributed by atoms with van der Waals surface area (Å²) in [4.78, 5) is 9.93. The molecule has 26 heavy (non-hydrogen) atoms. The Morgan fingerprint density at radius 3 is 2.54 bits per heavy atom. The lowest BCUT2D eigenvalue weighted by Gasteiger charge is -2.11. The van der Waals surface area contributed by atoms with Crippen LogP contribution in [0, 0.1) is 13.8 Å². The Morgan fingerprint density at radius 2 is 1.81 bits per heavy atom. The first kappa shape index (κ1) is 16.5. The molecule has 0 aliphatic heterocycles. The van der Waals surface area contributed by atoms with Crippen LogP contribution in [-0.4, -0.2) is 17.1 Å². The maximum Gasteiger partial charge on any atom is 0.143 e. The van der Waals surface area contributed by atoms with Gasteiger partial charge < -0.3 is 10.1 Å². The third-order valence-electron chi connectivity index (χ3n) is 4.41. The maximum atomic E-state index is 5.27. The van der Waals surface area contributed by atoms with E-state index in [1.807, 2.05) is 12.1 Å². The number of nitrogens with one attached hydrogen (secondary N) is 1. The number of aromatic nitrogens is 2. The lowest BCUT2D eigenvalue weighted by molar-refractivity contribution is 0.415. The Bertz CT molecular complexity index is 1070. The van der Waals surface area contributed by atoms with Crippen molar-refractivity contribution >= 4 is 33.1 Å². The average Bonchev–Trinajstić information content (AvgIpc) is 3.09. The highest BCUT2D eigenvalue weighted by molar-refractivity contribution is 7.17. The number of methoxy groups -OCH3 is 1. The Kier molecular flexibility index (Phi) is 4.31. The Hall–Kier alpha value is -2.92. The number of hydrogen-bond acceptors (Lipinski definition) is 5. The molecule has 0 fully saturated rings. The van der Waals surface area contributed by atoms with Gasteiger partial charge in [0.25, 0.3) is 0 Å². The predicted octanol–water partition coefficient (Wildman–Crippen LogP) is 5.73. The van der Waals surface area contributed by atoms with Gasteiger partial charge in [-0.25, -0.2) is 9.97 Å². The van der Waals surface area contributed by atoms with Crippen LogP contribution in [0.15, 0.2) is 54.2 Å². The van der Waals surface area contributed by atoms with Gasteiger partial charge in [0.05, 0.1) is 12.5 Å². The Morgan fingerprint density at radius 1 is 1.00 bits per heavy atom. The van der Waals surface area contributed by atoms with Crippen molar-refractivity contribution in [2.45, 2.75) is 13.8 Å². The summed E-state index contributed by atoms with van der Waals surface area (Å²) >= 11 is 1.63. The van der Waals surface area contributed by atoms with E-state index >= 15 is 0 Å².